The van der Waals surface area contributed by atoms with Crippen LogP contribution in [-0.4, -0.2) is 37.3 Å². The van der Waals surface area contributed by atoms with Crippen molar-refractivity contribution in [3.63, 3.8) is 0 Å². The monoisotopic (exact) mass is 662 g/mol. The molecule has 3 aromatic carbocycles. The Labute approximate surface area is 259 Å². The topological polar surface area (TPSA) is 105 Å². The van der Waals surface area contributed by atoms with E-state index in [0.29, 0.717) is 48.8 Å². The fourth-order valence-electron chi connectivity index (χ4n) is 4.68. The van der Waals surface area contributed by atoms with Gasteiger partial charge in [0, 0.05) is 4.47 Å². The highest BCUT2D eigenvalue weighted by molar-refractivity contribution is 9.10. The van der Waals surface area contributed by atoms with Crippen molar-refractivity contribution in [1.29, 1.82) is 0 Å². The van der Waals surface area contributed by atoms with Crippen LogP contribution in [0.3, 0.4) is 0 Å². The molecule has 0 bridgehead atoms. The first-order valence-electron chi connectivity index (χ1n) is 13.2. The highest BCUT2D eigenvalue weighted by Crippen LogP contribution is 2.32. The van der Waals surface area contributed by atoms with Crippen molar-refractivity contribution < 1.29 is 28.5 Å². The molecule has 0 amide bonds. The summed E-state index contributed by atoms with van der Waals surface area (Å²) in [4.78, 5) is 44.7. The van der Waals surface area contributed by atoms with Crippen LogP contribution >= 0.6 is 27.3 Å². The van der Waals surface area contributed by atoms with Crippen molar-refractivity contribution in [2.75, 3.05) is 20.8 Å². The van der Waals surface area contributed by atoms with E-state index in [1.807, 2.05) is 18.2 Å². The van der Waals surface area contributed by atoms with Crippen LogP contribution in [-0.2, 0) is 9.53 Å². The normalized spacial score (nSPS) is 14.5. The molecule has 0 spiro atoms. The third-order valence-corrected chi connectivity index (χ3v) is 8.17. The Kier molecular flexibility index (Phi) is 8.93. The minimum absolute atomic E-state index is 0.186. The summed E-state index contributed by atoms with van der Waals surface area (Å²) in [6, 6.07) is 18.3. The molecule has 1 aromatic heterocycles. The van der Waals surface area contributed by atoms with Gasteiger partial charge in [-0.2, -0.15) is 0 Å². The zero-order chi connectivity index (χ0) is 30.7. The van der Waals surface area contributed by atoms with E-state index in [2.05, 4.69) is 20.9 Å². The zero-order valence-corrected chi connectivity index (χ0v) is 26.2. The molecule has 2 heterocycles. The largest absolute Gasteiger partial charge is 0.497 e. The molecule has 9 nitrogen and oxygen atoms in total. The van der Waals surface area contributed by atoms with Gasteiger partial charge in [0.05, 0.1) is 48.2 Å². The number of esters is 2. The smallest absolute Gasteiger partial charge is 0.343 e. The number of rotatable bonds is 8. The van der Waals surface area contributed by atoms with Crippen molar-refractivity contribution >= 4 is 45.3 Å². The summed E-state index contributed by atoms with van der Waals surface area (Å²) in [6.45, 7) is 3.65. The lowest BCUT2D eigenvalue weighted by Gasteiger charge is -2.24. The first-order chi connectivity index (χ1) is 20.7. The van der Waals surface area contributed by atoms with E-state index in [4.69, 9.17) is 18.9 Å². The van der Waals surface area contributed by atoms with E-state index in [9.17, 15) is 14.4 Å². The fourth-order valence-corrected chi connectivity index (χ4v) is 6.12. The van der Waals surface area contributed by atoms with Gasteiger partial charge in [-0.3, -0.25) is 9.36 Å². The average Bonchev–Trinajstić information content (AvgIpc) is 3.30. The summed E-state index contributed by atoms with van der Waals surface area (Å²) in [5.41, 5.74) is 2.19. The van der Waals surface area contributed by atoms with Crippen molar-refractivity contribution in [2.45, 2.75) is 19.9 Å². The molecule has 220 valence electrons. The van der Waals surface area contributed by atoms with Gasteiger partial charge in [0.2, 0.25) is 0 Å². The molecular formula is C32H27BrN2O7S. The summed E-state index contributed by atoms with van der Waals surface area (Å²) in [6.07, 6.45) is 1.71. The van der Waals surface area contributed by atoms with E-state index in [-0.39, 0.29) is 17.9 Å². The van der Waals surface area contributed by atoms with E-state index in [1.54, 1.807) is 75.6 Å². The number of hydrogen-bond acceptors (Lipinski definition) is 9. The summed E-state index contributed by atoms with van der Waals surface area (Å²) in [5, 5.41) is 0. The molecule has 11 heteroatoms. The molecule has 43 heavy (non-hydrogen) atoms. The maximum absolute atomic E-state index is 13.9. The number of ether oxygens (including phenoxy) is 4. The van der Waals surface area contributed by atoms with Gasteiger partial charge in [-0.05, 0) is 73.5 Å². The SMILES string of the molecule is CCOC(=O)C1=C(C)N=c2sc(=Cc3ccc(OC(=O)c4cccc(Br)c4)c(OC)c3)c(=O)n2[C@H]1c1ccc(OC)cc1. The standard InChI is InChI=1S/C32H27BrN2O7S/c1-5-41-31(38)27-18(2)34-32-35(28(27)20-10-12-23(39-3)13-11-20)29(36)26(43-32)16-19-9-14-24(25(15-19)40-4)42-30(37)21-7-6-8-22(33)17-21/h6-17,28H,5H2,1-4H3/t28-/m0/s1. The third-order valence-electron chi connectivity index (χ3n) is 6.70. The van der Waals surface area contributed by atoms with E-state index in [1.165, 1.54) is 23.0 Å². The van der Waals surface area contributed by atoms with E-state index < -0.39 is 18.0 Å². The van der Waals surface area contributed by atoms with Gasteiger partial charge in [0.25, 0.3) is 5.56 Å². The second-order valence-electron chi connectivity index (χ2n) is 9.39. The number of fused-ring (bicyclic) bond motifs is 1. The number of hydrogen-bond donors (Lipinski definition) is 0. The molecule has 0 radical (unpaired) electrons. The molecular weight excluding hydrogens is 636 g/mol. The van der Waals surface area contributed by atoms with Crippen LogP contribution < -0.4 is 29.1 Å². The Morgan fingerprint density at radius 1 is 1.00 bits per heavy atom. The van der Waals surface area contributed by atoms with Gasteiger partial charge < -0.3 is 18.9 Å². The fraction of sp³-hybridized carbons (Fsp3) is 0.188. The number of methoxy groups -OCH3 is 2. The quantitative estimate of drug-likeness (QED) is 0.197. The zero-order valence-electron chi connectivity index (χ0n) is 23.8. The Balaban J connectivity index is 1.55. The van der Waals surface area contributed by atoms with Crippen molar-refractivity contribution in [1.82, 2.24) is 4.57 Å². The number of carbonyl (C=O) groups excluding carboxylic acids is 2. The lowest BCUT2D eigenvalue weighted by molar-refractivity contribution is -0.139. The Hall–Kier alpha value is -4.48. The van der Waals surface area contributed by atoms with Crippen LogP contribution in [0.15, 0.2) is 92.3 Å². The summed E-state index contributed by atoms with van der Waals surface area (Å²) < 4.78 is 24.4. The second kappa shape index (κ2) is 12.8. The predicted molar refractivity (Wildman–Crippen MR) is 165 cm³/mol. The number of benzene rings is 3. The molecule has 1 aliphatic rings. The maximum Gasteiger partial charge on any atom is 0.343 e. The Bertz CT molecular complexity index is 1930. The number of carbonyl (C=O) groups is 2. The van der Waals surface area contributed by atoms with Crippen LogP contribution in [0.25, 0.3) is 6.08 Å². The minimum Gasteiger partial charge on any atom is -0.497 e. The van der Waals surface area contributed by atoms with E-state index >= 15 is 0 Å². The molecule has 0 saturated carbocycles. The number of nitrogens with zero attached hydrogens (tertiary/aromatic N) is 2. The summed E-state index contributed by atoms with van der Waals surface area (Å²) >= 11 is 4.56. The first kappa shape index (κ1) is 30.0. The van der Waals surface area contributed by atoms with Crippen LogP contribution in [0.1, 0.15) is 41.4 Å². The van der Waals surface area contributed by atoms with Gasteiger partial charge in [-0.15, -0.1) is 0 Å². The molecule has 0 aliphatic carbocycles. The molecule has 4 aromatic rings. The molecule has 0 saturated heterocycles. The summed E-state index contributed by atoms with van der Waals surface area (Å²) in [5.74, 6) is 0.138. The molecule has 0 unspecified atom stereocenters. The van der Waals surface area contributed by atoms with Crippen molar-refractivity contribution in [2.24, 2.45) is 4.99 Å². The molecule has 0 fully saturated rings. The lowest BCUT2D eigenvalue weighted by atomic mass is 9.96. The second-order valence-corrected chi connectivity index (χ2v) is 11.3. The highest BCUT2D eigenvalue weighted by Gasteiger charge is 2.33. The first-order valence-corrected chi connectivity index (χ1v) is 14.8. The Morgan fingerprint density at radius 2 is 1.77 bits per heavy atom. The van der Waals surface area contributed by atoms with Crippen molar-refractivity contribution in [3.05, 3.63) is 119 Å². The van der Waals surface area contributed by atoms with Crippen LogP contribution in [0.5, 0.6) is 17.2 Å². The Morgan fingerprint density at radius 3 is 2.44 bits per heavy atom. The minimum atomic E-state index is -0.738. The van der Waals surface area contributed by atoms with Crippen LogP contribution in [0, 0.1) is 0 Å². The van der Waals surface area contributed by atoms with E-state index in [0.717, 1.165) is 4.47 Å². The predicted octanol–water partition coefficient (Wildman–Crippen LogP) is 4.80. The molecule has 5 rings (SSSR count). The average molecular weight is 664 g/mol. The number of aromatic nitrogens is 1. The highest BCUT2D eigenvalue weighted by atomic mass is 79.9. The third kappa shape index (κ3) is 6.18. The lowest BCUT2D eigenvalue weighted by Crippen LogP contribution is -2.39. The van der Waals surface area contributed by atoms with Gasteiger partial charge in [-0.25, -0.2) is 14.6 Å². The summed E-state index contributed by atoms with van der Waals surface area (Å²) in [7, 11) is 3.04. The molecule has 0 N–H and O–H groups in total. The molecule has 1 aliphatic heterocycles. The van der Waals surface area contributed by atoms with Crippen LogP contribution in [0.4, 0.5) is 0 Å². The van der Waals surface area contributed by atoms with Gasteiger partial charge in [0.15, 0.2) is 16.3 Å². The number of allylic oxidation sites excluding steroid dienone is 1. The number of halogens is 1. The van der Waals surface area contributed by atoms with Gasteiger partial charge in [-0.1, -0.05) is 51.5 Å². The van der Waals surface area contributed by atoms with Crippen LogP contribution in [0.2, 0.25) is 0 Å². The number of thiazole rings is 1. The van der Waals surface area contributed by atoms with Crippen molar-refractivity contribution in [3.8, 4) is 17.2 Å². The van der Waals surface area contributed by atoms with Gasteiger partial charge in [0.1, 0.15) is 5.75 Å². The molecule has 1 atom stereocenters. The van der Waals surface area contributed by atoms with Gasteiger partial charge >= 0.3 is 11.9 Å². The maximum atomic E-state index is 13.9.